The maximum Gasteiger partial charge on any atom is 0.240 e. The summed E-state index contributed by atoms with van der Waals surface area (Å²) in [5.41, 5.74) is 2.58. The zero-order valence-corrected chi connectivity index (χ0v) is 14.5. The van der Waals surface area contributed by atoms with E-state index in [-0.39, 0.29) is 42.8 Å². The first kappa shape index (κ1) is 19.2. The number of aryl methyl sites for hydroxylation is 1. The monoisotopic (exact) mass is 345 g/mol. The zero-order valence-electron chi connectivity index (χ0n) is 12.9. The highest BCUT2D eigenvalue weighted by Crippen LogP contribution is 2.24. The Hall–Kier alpha value is -0.810. The minimum atomic E-state index is 0. The number of nitrogens with one attached hydrogen (secondary N) is 2. The summed E-state index contributed by atoms with van der Waals surface area (Å²) in [6, 6.07) is 8.91. The van der Waals surface area contributed by atoms with E-state index in [0.29, 0.717) is 0 Å². The molecule has 2 atom stereocenters. The lowest BCUT2D eigenvalue weighted by Crippen LogP contribution is -2.58. The molecule has 1 aromatic carbocycles. The van der Waals surface area contributed by atoms with Gasteiger partial charge in [0.05, 0.1) is 12.1 Å². The maximum absolute atomic E-state index is 12.5. The van der Waals surface area contributed by atoms with Crippen LogP contribution in [0.4, 0.5) is 0 Å². The third kappa shape index (κ3) is 3.93. The van der Waals surface area contributed by atoms with Crippen LogP contribution < -0.4 is 10.6 Å². The first-order valence-electron chi connectivity index (χ1n) is 7.63. The Balaban J connectivity index is 0.00000121. The number of piperazine rings is 1. The SMILES string of the molecule is CCc1ccc(C2CNCCN2C(=O)[C@H]2CCN2)cc1.Cl.Cl. The number of carbonyl (C=O) groups is 1. The van der Waals surface area contributed by atoms with E-state index in [1.54, 1.807) is 0 Å². The van der Waals surface area contributed by atoms with Crippen molar-refractivity contribution in [2.45, 2.75) is 31.8 Å². The molecular formula is C16H25Cl2N3O. The molecule has 22 heavy (non-hydrogen) atoms. The number of hydrogen-bond acceptors (Lipinski definition) is 3. The van der Waals surface area contributed by atoms with Crippen molar-refractivity contribution in [3.05, 3.63) is 35.4 Å². The third-order valence-corrected chi connectivity index (χ3v) is 4.42. The van der Waals surface area contributed by atoms with E-state index in [1.165, 1.54) is 11.1 Å². The number of nitrogens with zero attached hydrogens (tertiary/aromatic N) is 1. The van der Waals surface area contributed by atoms with Crippen LogP contribution in [0.15, 0.2) is 24.3 Å². The van der Waals surface area contributed by atoms with E-state index < -0.39 is 0 Å². The maximum atomic E-state index is 12.5. The fraction of sp³-hybridized carbons (Fsp3) is 0.562. The second kappa shape index (κ2) is 8.73. The molecule has 1 unspecified atom stereocenters. The van der Waals surface area contributed by atoms with Crippen LogP contribution in [0.3, 0.4) is 0 Å². The molecule has 4 nitrogen and oxygen atoms in total. The molecule has 2 heterocycles. The van der Waals surface area contributed by atoms with Gasteiger partial charge < -0.3 is 15.5 Å². The normalized spacial score (nSPS) is 23.8. The molecule has 0 bridgehead atoms. The Kier molecular flexibility index (Phi) is 7.63. The summed E-state index contributed by atoms with van der Waals surface area (Å²) in [5.74, 6) is 0.266. The molecule has 0 spiro atoms. The summed E-state index contributed by atoms with van der Waals surface area (Å²) in [4.78, 5) is 14.6. The Morgan fingerprint density at radius 3 is 2.45 bits per heavy atom. The van der Waals surface area contributed by atoms with Gasteiger partial charge in [0.2, 0.25) is 5.91 Å². The van der Waals surface area contributed by atoms with E-state index >= 15 is 0 Å². The van der Waals surface area contributed by atoms with E-state index in [0.717, 1.165) is 39.0 Å². The summed E-state index contributed by atoms with van der Waals surface area (Å²) in [7, 11) is 0. The summed E-state index contributed by atoms with van der Waals surface area (Å²) in [6.45, 7) is 5.68. The molecule has 1 amide bonds. The van der Waals surface area contributed by atoms with Crippen molar-refractivity contribution in [1.29, 1.82) is 0 Å². The van der Waals surface area contributed by atoms with Crippen molar-refractivity contribution < 1.29 is 4.79 Å². The predicted molar refractivity (Wildman–Crippen MR) is 94.0 cm³/mol. The third-order valence-electron chi connectivity index (χ3n) is 4.42. The molecule has 0 radical (unpaired) electrons. The lowest BCUT2D eigenvalue weighted by Gasteiger charge is -2.40. The van der Waals surface area contributed by atoms with Crippen LogP contribution in [-0.4, -0.2) is 43.0 Å². The lowest BCUT2D eigenvalue weighted by molar-refractivity contribution is -0.138. The van der Waals surface area contributed by atoms with Crippen molar-refractivity contribution in [3.63, 3.8) is 0 Å². The summed E-state index contributed by atoms with van der Waals surface area (Å²) >= 11 is 0. The molecule has 2 N–H and O–H groups in total. The van der Waals surface area contributed by atoms with E-state index in [9.17, 15) is 4.79 Å². The standard InChI is InChI=1S/C16H23N3O.2ClH/c1-2-12-3-5-13(6-4-12)15-11-17-9-10-19(15)16(20)14-7-8-18-14;;/h3-6,14-15,17-18H,2,7-11H2,1H3;2*1H/t14-,15?;;/m1../s1. The van der Waals surface area contributed by atoms with E-state index in [1.807, 2.05) is 4.90 Å². The Morgan fingerprint density at radius 1 is 1.23 bits per heavy atom. The molecule has 2 aliphatic heterocycles. The highest BCUT2D eigenvalue weighted by atomic mass is 35.5. The van der Waals surface area contributed by atoms with Crippen LogP contribution in [0, 0.1) is 0 Å². The van der Waals surface area contributed by atoms with Crippen molar-refractivity contribution in [1.82, 2.24) is 15.5 Å². The molecular weight excluding hydrogens is 321 g/mol. The van der Waals surface area contributed by atoms with Crippen LogP contribution in [-0.2, 0) is 11.2 Å². The van der Waals surface area contributed by atoms with Crippen molar-refractivity contribution >= 4 is 30.7 Å². The molecule has 124 valence electrons. The Morgan fingerprint density at radius 2 is 1.91 bits per heavy atom. The van der Waals surface area contributed by atoms with Gasteiger partial charge in [0.25, 0.3) is 0 Å². The molecule has 0 aliphatic carbocycles. The van der Waals surface area contributed by atoms with Crippen molar-refractivity contribution in [3.8, 4) is 0 Å². The second-order valence-electron chi connectivity index (χ2n) is 5.64. The summed E-state index contributed by atoms with van der Waals surface area (Å²) < 4.78 is 0. The van der Waals surface area contributed by atoms with Crippen LogP contribution in [0.2, 0.25) is 0 Å². The zero-order chi connectivity index (χ0) is 13.9. The molecule has 0 aromatic heterocycles. The average molecular weight is 346 g/mol. The summed E-state index contributed by atoms with van der Waals surface area (Å²) in [5, 5.41) is 6.63. The summed E-state index contributed by atoms with van der Waals surface area (Å²) in [6.07, 6.45) is 2.03. The molecule has 2 fully saturated rings. The molecule has 0 saturated carbocycles. The van der Waals surface area contributed by atoms with Crippen molar-refractivity contribution in [2.75, 3.05) is 26.2 Å². The van der Waals surface area contributed by atoms with Crippen molar-refractivity contribution in [2.24, 2.45) is 0 Å². The van der Waals surface area contributed by atoms with Gasteiger partial charge in [-0.2, -0.15) is 0 Å². The highest BCUT2D eigenvalue weighted by Gasteiger charge is 2.34. The van der Waals surface area contributed by atoms with Crippen LogP contribution in [0.5, 0.6) is 0 Å². The smallest absolute Gasteiger partial charge is 0.240 e. The topological polar surface area (TPSA) is 44.4 Å². The van der Waals surface area contributed by atoms with E-state index in [4.69, 9.17) is 0 Å². The minimum absolute atomic E-state index is 0. The number of carbonyl (C=O) groups excluding carboxylic acids is 1. The quantitative estimate of drug-likeness (QED) is 0.879. The van der Waals surface area contributed by atoms with Gasteiger partial charge in [0.15, 0.2) is 0 Å². The van der Waals surface area contributed by atoms with Crippen LogP contribution >= 0.6 is 24.8 Å². The molecule has 3 rings (SSSR count). The predicted octanol–water partition coefficient (Wildman–Crippen LogP) is 1.93. The number of hydrogen-bond donors (Lipinski definition) is 2. The average Bonchev–Trinajstić information content (AvgIpc) is 2.45. The van der Waals surface area contributed by atoms with Gasteiger partial charge >= 0.3 is 0 Å². The molecule has 6 heteroatoms. The first-order chi connectivity index (χ1) is 9.79. The van der Waals surface area contributed by atoms with Gasteiger partial charge in [0.1, 0.15) is 0 Å². The minimum Gasteiger partial charge on any atom is -0.332 e. The van der Waals surface area contributed by atoms with Gasteiger partial charge in [-0.3, -0.25) is 4.79 Å². The molecule has 2 saturated heterocycles. The van der Waals surface area contributed by atoms with Crippen LogP contribution in [0.1, 0.15) is 30.5 Å². The van der Waals surface area contributed by atoms with Gasteiger partial charge in [-0.05, 0) is 30.5 Å². The van der Waals surface area contributed by atoms with Gasteiger partial charge in [-0.15, -0.1) is 24.8 Å². The fourth-order valence-electron chi connectivity index (χ4n) is 2.94. The highest BCUT2D eigenvalue weighted by molar-refractivity contribution is 5.85. The fourth-order valence-corrected chi connectivity index (χ4v) is 2.94. The number of halogens is 2. The largest absolute Gasteiger partial charge is 0.332 e. The van der Waals surface area contributed by atoms with Crippen LogP contribution in [0.25, 0.3) is 0 Å². The first-order valence-corrected chi connectivity index (χ1v) is 7.63. The number of amides is 1. The van der Waals surface area contributed by atoms with E-state index in [2.05, 4.69) is 41.8 Å². The second-order valence-corrected chi connectivity index (χ2v) is 5.64. The van der Waals surface area contributed by atoms with Gasteiger partial charge in [-0.1, -0.05) is 31.2 Å². The Labute approximate surface area is 144 Å². The lowest BCUT2D eigenvalue weighted by atomic mass is 9.98. The number of benzene rings is 1. The number of rotatable bonds is 3. The molecule has 1 aromatic rings. The Bertz CT molecular complexity index is 477. The van der Waals surface area contributed by atoms with Gasteiger partial charge in [-0.25, -0.2) is 0 Å². The molecule has 2 aliphatic rings. The van der Waals surface area contributed by atoms with Gasteiger partial charge in [0, 0.05) is 19.6 Å².